The van der Waals surface area contributed by atoms with Gasteiger partial charge in [0.15, 0.2) is 0 Å². The average Bonchev–Trinajstić information content (AvgIpc) is 3.17. The van der Waals surface area contributed by atoms with Crippen LogP contribution in [0, 0.1) is 6.92 Å². The largest absolute Gasteiger partial charge is 0.465 e. The fraction of sp³-hybridized carbons (Fsp3) is 0.174. The van der Waals surface area contributed by atoms with Crippen LogP contribution in [0.2, 0.25) is 0 Å². The van der Waals surface area contributed by atoms with E-state index in [-0.39, 0.29) is 24.2 Å². The number of aromatic nitrogens is 1. The topological polar surface area (TPSA) is 93.3 Å². The monoisotopic (exact) mass is 405 g/mol. The molecule has 0 unspecified atom stereocenters. The van der Waals surface area contributed by atoms with Crippen molar-refractivity contribution >= 4 is 11.8 Å². The fourth-order valence-electron chi connectivity index (χ4n) is 2.94. The number of amides is 2. The molecule has 0 saturated heterocycles. The second-order valence-electron chi connectivity index (χ2n) is 6.77. The predicted octanol–water partition coefficient (Wildman–Crippen LogP) is 2.64. The number of nitrogens with one attached hydrogen (secondary N) is 2. The summed E-state index contributed by atoms with van der Waals surface area (Å²) < 4.78 is 7.10. The molecule has 0 fully saturated rings. The van der Waals surface area contributed by atoms with Gasteiger partial charge < -0.3 is 19.6 Å². The van der Waals surface area contributed by atoms with Gasteiger partial charge in [-0.1, -0.05) is 36.4 Å². The minimum Gasteiger partial charge on any atom is -0.465 e. The molecule has 2 heterocycles. The Bertz CT molecular complexity index is 1110. The van der Waals surface area contributed by atoms with Crippen LogP contribution in [0.15, 0.2) is 76.7 Å². The van der Waals surface area contributed by atoms with Gasteiger partial charge in [0.05, 0.1) is 6.54 Å². The number of pyridine rings is 1. The molecule has 0 bridgehead atoms. The predicted molar refractivity (Wildman–Crippen MR) is 113 cm³/mol. The van der Waals surface area contributed by atoms with Crippen LogP contribution in [-0.2, 0) is 13.1 Å². The minimum atomic E-state index is -0.631. The maximum Gasteiger partial charge on any atom is 0.257 e. The third-order valence-corrected chi connectivity index (χ3v) is 4.40. The van der Waals surface area contributed by atoms with Gasteiger partial charge in [0, 0.05) is 25.5 Å². The number of aryl methyl sites for hydroxylation is 1. The Hall–Kier alpha value is -3.87. The quantitative estimate of drug-likeness (QED) is 0.564. The van der Waals surface area contributed by atoms with Gasteiger partial charge in [-0.2, -0.15) is 0 Å². The highest BCUT2D eigenvalue weighted by molar-refractivity contribution is 5.99. The van der Waals surface area contributed by atoms with E-state index in [1.807, 2.05) is 30.3 Å². The standard InChI is InChI=1S/C23H23N3O4/c1-3-11-24-22(28)19-14-26(13-17-7-5-4-6-8-17)15-20(21(19)27)23(29)25-12-18-10-9-16(2)30-18/h3-10,14-15H,1,11-13H2,2H3,(H,24,28)(H,25,29). The van der Waals surface area contributed by atoms with Gasteiger partial charge in [-0.25, -0.2) is 0 Å². The SMILES string of the molecule is C=CCNC(=O)c1cn(Cc2ccccc2)cc(C(=O)NCc2ccc(C)o2)c1=O. The number of hydrogen-bond acceptors (Lipinski definition) is 4. The van der Waals surface area contributed by atoms with E-state index < -0.39 is 17.2 Å². The fourth-order valence-corrected chi connectivity index (χ4v) is 2.94. The second kappa shape index (κ2) is 9.56. The Kier molecular flexibility index (Phi) is 6.64. The number of benzene rings is 1. The van der Waals surface area contributed by atoms with E-state index in [0.717, 1.165) is 11.3 Å². The lowest BCUT2D eigenvalue weighted by Gasteiger charge is -2.12. The summed E-state index contributed by atoms with van der Waals surface area (Å²) in [6, 6.07) is 13.1. The van der Waals surface area contributed by atoms with E-state index in [2.05, 4.69) is 17.2 Å². The summed E-state index contributed by atoms with van der Waals surface area (Å²) in [5.41, 5.74) is 0.125. The van der Waals surface area contributed by atoms with Crippen molar-refractivity contribution in [1.29, 1.82) is 0 Å². The first-order valence-electron chi connectivity index (χ1n) is 9.48. The summed E-state index contributed by atoms with van der Waals surface area (Å²) >= 11 is 0. The zero-order valence-corrected chi connectivity index (χ0v) is 16.7. The van der Waals surface area contributed by atoms with Gasteiger partial charge in [0.2, 0.25) is 5.43 Å². The smallest absolute Gasteiger partial charge is 0.257 e. The van der Waals surface area contributed by atoms with E-state index in [4.69, 9.17) is 4.42 Å². The van der Waals surface area contributed by atoms with Gasteiger partial charge in [-0.15, -0.1) is 6.58 Å². The maximum atomic E-state index is 12.9. The molecular formula is C23H23N3O4. The third-order valence-electron chi connectivity index (χ3n) is 4.40. The van der Waals surface area contributed by atoms with Crippen molar-refractivity contribution in [3.05, 3.63) is 106 Å². The highest BCUT2D eigenvalue weighted by Crippen LogP contribution is 2.08. The highest BCUT2D eigenvalue weighted by Gasteiger charge is 2.19. The number of nitrogens with zero attached hydrogens (tertiary/aromatic N) is 1. The molecule has 0 spiro atoms. The summed E-state index contributed by atoms with van der Waals surface area (Å²) in [6.07, 6.45) is 4.44. The average molecular weight is 405 g/mol. The molecule has 2 amide bonds. The van der Waals surface area contributed by atoms with Crippen LogP contribution in [0.3, 0.4) is 0 Å². The van der Waals surface area contributed by atoms with E-state index >= 15 is 0 Å². The van der Waals surface area contributed by atoms with Gasteiger partial charge >= 0.3 is 0 Å². The molecule has 2 aromatic heterocycles. The number of furan rings is 1. The van der Waals surface area contributed by atoms with Gasteiger partial charge in [0.25, 0.3) is 11.8 Å². The molecular weight excluding hydrogens is 382 g/mol. The van der Waals surface area contributed by atoms with Crippen molar-refractivity contribution in [2.45, 2.75) is 20.0 Å². The van der Waals surface area contributed by atoms with Crippen LogP contribution in [-0.4, -0.2) is 22.9 Å². The molecule has 0 aliphatic rings. The van der Waals surface area contributed by atoms with Crippen molar-refractivity contribution < 1.29 is 14.0 Å². The zero-order valence-electron chi connectivity index (χ0n) is 16.7. The molecule has 154 valence electrons. The number of carbonyl (C=O) groups is 2. The Morgan fingerprint density at radius 3 is 2.30 bits per heavy atom. The zero-order chi connectivity index (χ0) is 21.5. The van der Waals surface area contributed by atoms with Crippen molar-refractivity contribution in [2.75, 3.05) is 6.54 Å². The summed E-state index contributed by atoms with van der Waals surface area (Å²) in [4.78, 5) is 38.0. The van der Waals surface area contributed by atoms with Crippen LogP contribution in [0.25, 0.3) is 0 Å². The van der Waals surface area contributed by atoms with Crippen molar-refractivity contribution in [2.24, 2.45) is 0 Å². The summed E-state index contributed by atoms with van der Waals surface area (Å²) in [5.74, 6) is 0.169. The van der Waals surface area contributed by atoms with Gasteiger partial charge in [0.1, 0.15) is 22.6 Å². The Morgan fingerprint density at radius 1 is 1.03 bits per heavy atom. The highest BCUT2D eigenvalue weighted by atomic mass is 16.3. The lowest BCUT2D eigenvalue weighted by atomic mass is 10.1. The molecule has 0 saturated carbocycles. The molecule has 3 aromatic rings. The van der Waals surface area contributed by atoms with Gasteiger partial charge in [-0.3, -0.25) is 14.4 Å². The molecule has 1 aromatic carbocycles. The molecule has 0 aliphatic heterocycles. The second-order valence-corrected chi connectivity index (χ2v) is 6.77. The Labute approximate surface area is 174 Å². The number of rotatable bonds is 8. The van der Waals surface area contributed by atoms with E-state index in [1.165, 1.54) is 18.5 Å². The Morgan fingerprint density at radius 2 is 1.70 bits per heavy atom. The summed E-state index contributed by atoms with van der Waals surface area (Å²) in [6.45, 7) is 6.11. The Balaban J connectivity index is 1.91. The lowest BCUT2D eigenvalue weighted by Crippen LogP contribution is -2.35. The molecule has 0 radical (unpaired) electrons. The van der Waals surface area contributed by atoms with E-state index in [1.54, 1.807) is 23.6 Å². The van der Waals surface area contributed by atoms with Crippen LogP contribution in [0.4, 0.5) is 0 Å². The first-order valence-corrected chi connectivity index (χ1v) is 9.48. The molecule has 30 heavy (non-hydrogen) atoms. The van der Waals surface area contributed by atoms with Crippen LogP contribution < -0.4 is 16.1 Å². The summed E-state index contributed by atoms with van der Waals surface area (Å²) in [7, 11) is 0. The van der Waals surface area contributed by atoms with Crippen LogP contribution >= 0.6 is 0 Å². The normalized spacial score (nSPS) is 10.4. The van der Waals surface area contributed by atoms with Gasteiger partial charge in [-0.05, 0) is 24.6 Å². The van der Waals surface area contributed by atoms with Crippen LogP contribution in [0.5, 0.6) is 0 Å². The lowest BCUT2D eigenvalue weighted by molar-refractivity contribution is 0.0945. The molecule has 2 N–H and O–H groups in total. The third kappa shape index (κ3) is 5.14. The molecule has 0 atom stereocenters. The molecule has 7 heteroatoms. The first-order chi connectivity index (χ1) is 14.5. The van der Waals surface area contributed by atoms with E-state index in [0.29, 0.717) is 12.3 Å². The van der Waals surface area contributed by atoms with Crippen molar-refractivity contribution in [3.63, 3.8) is 0 Å². The van der Waals surface area contributed by atoms with Crippen molar-refractivity contribution in [1.82, 2.24) is 15.2 Å². The van der Waals surface area contributed by atoms with E-state index in [9.17, 15) is 14.4 Å². The molecule has 7 nitrogen and oxygen atoms in total. The van der Waals surface area contributed by atoms with Crippen molar-refractivity contribution in [3.8, 4) is 0 Å². The maximum absolute atomic E-state index is 12.9. The number of hydrogen-bond donors (Lipinski definition) is 2. The van der Waals surface area contributed by atoms with Crippen LogP contribution in [0.1, 0.15) is 37.8 Å². The molecule has 3 rings (SSSR count). The summed E-state index contributed by atoms with van der Waals surface area (Å²) in [5, 5.41) is 5.27. The first kappa shape index (κ1) is 20.9. The minimum absolute atomic E-state index is 0.103. The number of carbonyl (C=O) groups excluding carboxylic acids is 2. The molecule has 0 aliphatic carbocycles.